The van der Waals surface area contributed by atoms with Crippen LogP contribution >= 0.6 is 0 Å². The molecule has 2 rings (SSSR count). The smallest absolute Gasteiger partial charge is 0.348 e. The molecule has 0 saturated carbocycles. The quantitative estimate of drug-likeness (QED) is 0.0120. The molecule has 0 aliphatic carbocycles. The predicted octanol–water partition coefficient (Wildman–Crippen LogP) is 29.9. The van der Waals surface area contributed by atoms with Gasteiger partial charge < -0.3 is 19.4 Å². The third kappa shape index (κ3) is 57.5. The van der Waals surface area contributed by atoms with Gasteiger partial charge in [-0.25, -0.2) is 0 Å². The molecule has 2 aromatic rings. The molecule has 510 valence electrons. The summed E-state index contributed by atoms with van der Waals surface area (Å²) in [5.74, 6) is 3.06. The van der Waals surface area contributed by atoms with Crippen molar-refractivity contribution in [2.75, 3.05) is 0 Å². The van der Waals surface area contributed by atoms with Gasteiger partial charge in [0.1, 0.15) is 5.57 Å². The predicted molar refractivity (Wildman–Crippen MR) is 396 cm³/mol. The number of hydrogen-bond donors (Lipinski definition) is 0. The Bertz CT molecular complexity index is 1810. The first-order chi connectivity index (χ1) is 43.0. The molecule has 0 aromatic heterocycles. The van der Waals surface area contributed by atoms with Crippen molar-refractivity contribution in [2.45, 2.75) is 420 Å². The Morgan fingerprint density at radius 2 is 0.602 bits per heavy atom. The van der Waals surface area contributed by atoms with Gasteiger partial charge in [-0.3, -0.25) is 0 Å². The van der Waals surface area contributed by atoms with Crippen LogP contribution in [0.2, 0.25) is 0 Å². The number of aryl methyl sites for hydroxylation is 2. The van der Waals surface area contributed by atoms with Crippen molar-refractivity contribution in [2.24, 2.45) is 0 Å². The van der Waals surface area contributed by atoms with Gasteiger partial charge in [0, 0.05) is 0 Å². The topological polar surface area (TPSA) is 36.4 Å². The summed E-state index contributed by atoms with van der Waals surface area (Å²) in [6.07, 6.45) is 84.5. The van der Waals surface area contributed by atoms with Crippen LogP contribution in [-0.2, 0) is 29.3 Å². The van der Waals surface area contributed by atoms with Crippen molar-refractivity contribution in [1.82, 2.24) is 0 Å². The zero-order valence-corrected chi connectivity index (χ0v) is 61.1. The first kappa shape index (κ1) is 87.6. The van der Waals surface area contributed by atoms with Crippen molar-refractivity contribution < 1.29 is 21.3 Å². The Morgan fingerprint density at radius 3 is 0.886 bits per heavy atom. The minimum Gasteiger partial charge on any atom is -0.348 e. The normalized spacial score (nSPS) is 11.4. The molecule has 0 bridgehead atoms. The number of nitrogens with zero attached hydrogens (tertiary/aromatic N) is 2. The molecule has 88 heavy (non-hydrogen) atoms. The summed E-state index contributed by atoms with van der Waals surface area (Å²) in [4.78, 5) is 3.53. The van der Waals surface area contributed by atoms with E-state index in [4.69, 9.17) is 0 Å². The maximum Gasteiger partial charge on any atom is 2.00 e. The Balaban J connectivity index is 0. The minimum absolute atomic E-state index is 0. The second kappa shape index (κ2) is 73.6. The van der Waals surface area contributed by atoms with Crippen LogP contribution in [-0.4, -0.2) is 10.7 Å². The van der Waals surface area contributed by atoms with E-state index in [0.29, 0.717) is 0 Å². The van der Waals surface area contributed by atoms with Gasteiger partial charge in [-0.1, -0.05) is 411 Å². The fourth-order valence-corrected chi connectivity index (χ4v) is 12.3. The summed E-state index contributed by atoms with van der Waals surface area (Å²) < 4.78 is 0. The molecule has 0 atom stereocenters. The number of hydrogen-bond acceptors (Lipinski definition) is 0. The molecule has 0 saturated heterocycles. The molecular formula is C85H150N2Ni. The van der Waals surface area contributed by atoms with E-state index < -0.39 is 0 Å². The maximum atomic E-state index is 9.96. The summed E-state index contributed by atoms with van der Waals surface area (Å²) in [5, 5.41) is 0. The molecule has 0 unspecified atom stereocenters. The molecule has 3 heteroatoms. The molecule has 0 N–H and O–H groups in total. The molecule has 0 fully saturated rings. The van der Waals surface area contributed by atoms with Gasteiger partial charge in [0.25, 0.3) is 0 Å². The number of allylic oxidation sites excluding steroid dienone is 4. The summed E-state index contributed by atoms with van der Waals surface area (Å²) in [6, 6.07) is 18.8. The number of unbranched alkanes of at least 4 members (excludes halogenated alkanes) is 50. The third-order valence-corrected chi connectivity index (χ3v) is 18.2. The molecule has 0 heterocycles. The van der Waals surface area contributed by atoms with Crippen molar-refractivity contribution >= 4 is 11.4 Å². The van der Waals surface area contributed by atoms with Crippen LogP contribution in [0.4, 0.5) is 0 Å². The molecule has 0 aliphatic heterocycles. The SMILES string of the molecule is CCCCCCCCCCCCCCCCCCCCCCC=CC(=C=[N+]=[N-])C(CCCC)=C(c1ccc(CCCC)cc1)c1ccc(CCCCCCCCCCCCCCCCCCCCCCC)cc1.[CH2-]CCCCCC.[CH2-]CCCCCC.[Ni+2]. The summed E-state index contributed by atoms with van der Waals surface area (Å²) in [5.41, 5.74) is 18.7. The zero-order chi connectivity index (χ0) is 63.2. The molecule has 2 nitrogen and oxygen atoms in total. The van der Waals surface area contributed by atoms with Crippen LogP contribution in [0.25, 0.3) is 11.1 Å². The van der Waals surface area contributed by atoms with E-state index in [1.807, 2.05) is 0 Å². The average Bonchev–Trinajstić information content (AvgIpc) is 1.50. The van der Waals surface area contributed by atoms with Gasteiger partial charge >= 0.3 is 22.4 Å². The van der Waals surface area contributed by atoms with E-state index >= 15 is 0 Å². The van der Waals surface area contributed by atoms with Crippen LogP contribution in [0, 0.1) is 13.8 Å². The van der Waals surface area contributed by atoms with Crippen molar-refractivity contribution in [3.8, 4) is 0 Å². The monoisotopic (exact) mass is 1260 g/mol. The molecule has 0 radical (unpaired) electrons. The van der Waals surface area contributed by atoms with Gasteiger partial charge in [0.15, 0.2) is 0 Å². The fourth-order valence-electron chi connectivity index (χ4n) is 12.3. The van der Waals surface area contributed by atoms with E-state index in [1.54, 1.807) is 0 Å². The zero-order valence-electron chi connectivity index (χ0n) is 60.1. The first-order valence-electron chi connectivity index (χ1n) is 39.1. The number of rotatable bonds is 61. The van der Waals surface area contributed by atoms with E-state index in [-0.39, 0.29) is 16.5 Å². The van der Waals surface area contributed by atoms with Crippen molar-refractivity contribution in [1.29, 1.82) is 0 Å². The maximum absolute atomic E-state index is 9.96. The van der Waals surface area contributed by atoms with E-state index in [2.05, 4.69) is 127 Å². The van der Waals surface area contributed by atoms with Crippen LogP contribution in [0.3, 0.4) is 0 Å². The van der Waals surface area contributed by atoms with Gasteiger partial charge in [0.2, 0.25) is 0 Å². The van der Waals surface area contributed by atoms with Crippen LogP contribution < -0.4 is 0 Å². The van der Waals surface area contributed by atoms with E-state index in [9.17, 15) is 5.53 Å². The van der Waals surface area contributed by atoms with Gasteiger partial charge in [-0.2, -0.15) is 12.8 Å². The second-order valence-electron chi connectivity index (χ2n) is 26.6. The Labute approximate surface area is 563 Å². The molecule has 0 spiro atoms. The summed E-state index contributed by atoms with van der Waals surface area (Å²) in [6.45, 7) is 21.1. The van der Waals surface area contributed by atoms with Crippen molar-refractivity contribution in [3.63, 3.8) is 0 Å². The van der Waals surface area contributed by atoms with Gasteiger partial charge in [-0.05, 0) is 90.8 Å². The molecule has 0 aliphatic rings. The largest absolute Gasteiger partial charge is 2.00 e. The number of benzene rings is 2. The fraction of sp³-hybridized carbons (Fsp3) is 0.765. The van der Waals surface area contributed by atoms with E-state index in [0.717, 1.165) is 56.9 Å². The molecular weight excluding hydrogens is 1110 g/mol. The minimum atomic E-state index is 0. The van der Waals surface area contributed by atoms with Crippen LogP contribution in [0.15, 0.2) is 71.8 Å². The van der Waals surface area contributed by atoms with Gasteiger partial charge in [-0.15, -0.1) is 4.79 Å². The van der Waals surface area contributed by atoms with Crippen LogP contribution in [0.5, 0.6) is 0 Å². The standard InChI is InChI=1S/C71H120N2.2C7H15.Ni/c1-5-9-13-15-17-19-21-23-25-27-29-31-33-35-37-39-41-43-45-47-49-51-54-69(64-73-72)70(55-12-8-4)71(67-60-56-65(57-61-67)52-11-7-3)68-62-58-66(59-63-68)53-50-48-46-44-42-40-38-36-34-32-30-28-26-24-22-20-18-16-14-10-6-2;2*1-3-5-7-6-4-2;/h51,54,56-63H,5-50,52-53,55H2,1-4H3;2*1,3-7H2,2H3;/q;2*-1;+2. The second-order valence-corrected chi connectivity index (χ2v) is 26.6. The first-order valence-corrected chi connectivity index (χ1v) is 39.1. The van der Waals surface area contributed by atoms with E-state index in [1.165, 1.54) is 361 Å². The average molecular weight is 1260 g/mol. The van der Waals surface area contributed by atoms with Crippen molar-refractivity contribution in [3.05, 3.63) is 113 Å². The summed E-state index contributed by atoms with van der Waals surface area (Å²) >= 11 is 0. The molecule has 2 aromatic carbocycles. The Kier molecular flexibility index (Phi) is 73.3. The summed E-state index contributed by atoms with van der Waals surface area (Å²) in [7, 11) is 0. The van der Waals surface area contributed by atoms with Crippen LogP contribution in [0.1, 0.15) is 430 Å². The Morgan fingerprint density at radius 1 is 0.341 bits per heavy atom. The Hall–Kier alpha value is -2.43. The van der Waals surface area contributed by atoms with Gasteiger partial charge in [0.05, 0.1) is 0 Å². The molecule has 0 amide bonds. The third-order valence-electron chi connectivity index (χ3n) is 18.2.